The monoisotopic (exact) mass is 444 g/mol. The van der Waals surface area contributed by atoms with Crippen LogP contribution in [-0.4, -0.2) is 81.9 Å². The standard InChI is InChI=1S/C18H22F2N4O5S/c1-27-16(30)21-9-12-10-24(18(26)29-12)11-7-13(19)15(14(20)8-11)22-3-5-23(6-4-22)17(25)28-2/h7-8,12H,3-6,9-10H2,1-2H3,(H,21,30)/t12-/m0/s1. The number of nitrogens with zero attached hydrogens (tertiary/aromatic N) is 3. The minimum Gasteiger partial charge on any atom is -0.474 e. The Bertz CT molecular complexity index is 812. The molecule has 0 spiro atoms. The van der Waals surface area contributed by atoms with Crippen LogP contribution in [0.1, 0.15) is 0 Å². The van der Waals surface area contributed by atoms with Gasteiger partial charge >= 0.3 is 12.2 Å². The number of piperazine rings is 1. The molecule has 1 aromatic rings. The number of methoxy groups -OCH3 is 2. The van der Waals surface area contributed by atoms with Gasteiger partial charge in [0, 0.05) is 38.3 Å². The van der Waals surface area contributed by atoms with Crippen LogP contribution in [0.5, 0.6) is 0 Å². The predicted octanol–water partition coefficient (Wildman–Crippen LogP) is 1.70. The summed E-state index contributed by atoms with van der Waals surface area (Å²) >= 11 is 4.86. The summed E-state index contributed by atoms with van der Waals surface area (Å²) < 4.78 is 44.2. The smallest absolute Gasteiger partial charge is 0.414 e. The number of thiocarbonyl (C=S) groups is 1. The van der Waals surface area contributed by atoms with Crippen molar-refractivity contribution in [1.29, 1.82) is 0 Å². The summed E-state index contributed by atoms with van der Waals surface area (Å²) in [6, 6.07) is 2.20. The largest absolute Gasteiger partial charge is 0.474 e. The average molecular weight is 444 g/mol. The first-order chi connectivity index (χ1) is 14.3. The first-order valence-corrected chi connectivity index (χ1v) is 9.61. The number of ether oxygens (including phenoxy) is 3. The molecule has 1 N–H and O–H groups in total. The van der Waals surface area contributed by atoms with Gasteiger partial charge in [-0.25, -0.2) is 18.4 Å². The lowest BCUT2D eigenvalue weighted by molar-refractivity contribution is 0.121. The number of hydrogen-bond acceptors (Lipinski definition) is 7. The fraction of sp³-hybridized carbons (Fsp3) is 0.500. The van der Waals surface area contributed by atoms with Crippen molar-refractivity contribution in [2.24, 2.45) is 0 Å². The van der Waals surface area contributed by atoms with Crippen LogP contribution in [0.4, 0.5) is 29.7 Å². The zero-order chi connectivity index (χ0) is 21.8. The summed E-state index contributed by atoms with van der Waals surface area (Å²) in [5.74, 6) is -1.60. The third-order valence-electron chi connectivity index (χ3n) is 4.88. The van der Waals surface area contributed by atoms with Gasteiger partial charge in [-0.05, 0) is 12.2 Å². The van der Waals surface area contributed by atoms with Crippen molar-refractivity contribution in [3.05, 3.63) is 23.8 Å². The molecular weight excluding hydrogens is 422 g/mol. The topological polar surface area (TPSA) is 83.6 Å². The van der Waals surface area contributed by atoms with Gasteiger partial charge in [0.1, 0.15) is 11.8 Å². The van der Waals surface area contributed by atoms with E-state index in [0.717, 1.165) is 17.0 Å². The van der Waals surface area contributed by atoms with Crippen LogP contribution in [0.25, 0.3) is 0 Å². The molecule has 0 aliphatic carbocycles. The van der Waals surface area contributed by atoms with E-state index in [9.17, 15) is 18.4 Å². The molecule has 0 bridgehead atoms. The van der Waals surface area contributed by atoms with Gasteiger partial charge in [-0.3, -0.25) is 4.90 Å². The van der Waals surface area contributed by atoms with Gasteiger partial charge in [-0.1, -0.05) is 0 Å². The molecule has 0 unspecified atom stereocenters. The number of carbonyl (C=O) groups excluding carboxylic acids is 2. The Labute approximate surface area is 177 Å². The molecule has 9 nitrogen and oxygen atoms in total. The zero-order valence-electron chi connectivity index (χ0n) is 16.5. The first-order valence-electron chi connectivity index (χ1n) is 9.21. The van der Waals surface area contributed by atoms with E-state index in [1.807, 2.05) is 0 Å². The predicted molar refractivity (Wildman–Crippen MR) is 108 cm³/mol. The summed E-state index contributed by atoms with van der Waals surface area (Å²) in [5, 5.41) is 2.92. The van der Waals surface area contributed by atoms with Gasteiger partial charge in [-0.2, -0.15) is 0 Å². The molecule has 30 heavy (non-hydrogen) atoms. The molecule has 3 rings (SSSR count). The molecule has 2 aliphatic heterocycles. The third-order valence-corrected chi connectivity index (χ3v) is 5.19. The van der Waals surface area contributed by atoms with Gasteiger partial charge in [0.2, 0.25) is 0 Å². The van der Waals surface area contributed by atoms with Crippen LogP contribution >= 0.6 is 12.2 Å². The van der Waals surface area contributed by atoms with Crippen molar-refractivity contribution in [3.8, 4) is 0 Å². The summed E-state index contributed by atoms with van der Waals surface area (Å²) in [4.78, 5) is 27.9. The van der Waals surface area contributed by atoms with Gasteiger partial charge in [0.25, 0.3) is 5.17 Å². The van der Waals surface area contributed by atoms with Crippen LogP contribution in [0, 0.1) is 11.6 Å². The molecule has 12 heteroatoms. The maximum Gasteiger partial charge on any atom is 0.414 e. The number of hydrogen-bond donors (Lipinski definition) is 1. The second-order valence-corrected chi connectivity index (χ2v) is 7.06. The number of amides is 2. The van der Waals surface area contributed by atoms with Crippen LogP contribution in [0.15, 0.2) is 12.1 Å². The van der Waals surface area contributed by atoms with Crippen LogP contribution in [-0.2, 0) is 14.2 Å². The van der Waals surface area contributed by atoms with Crippen molar-refractivity contribution in [2.45, 2.75) is 6.10 Å². The van der Waals surface area contributed by atoms with Crippen molar-refractivity contribution < 1.29 is 32.6 Å². The van der Waals surface area contributed by atoms with Gasteiger partial charge in [0.15, 0.2) is 11.6 Å². The molecule has 2 saturated heterocycles. The highest BCUT2D eigenvalue weighted by molar-refractivity contribution is 7.80. The van der Waals surface area contributed by atoms with E-state index < -0.39 is 29.9 Å². The number of nitrogens with one attached hydrogen (secondary N) is 1. The molecule has 1 aromatic carbocycles. The van der Waals surface area contributed by atoms with E-state index in [0.29, 0.717) is 0 Å². The fourth-order valence-electron chi connectivity index (χ4n) is 3.36. The third kappa shape index (κ3) is 4.64. The quantitative estimate of drug-likeness (QED) is 0.703. The maximum absolute atomic E-state index is 14.8. The van der Waals surface area contributed by atoms with Crippen molar-refractivity contribution >= 4 is 41.0 Å². The molecule has 0 radical (unpaired) electrons. The van der Waals surface area contributed by atoms with E-state index in [-0.39, 0.29) is 55.8 Å². The molecule has 2 amide bonds. The Morgan fingerprint density at radius 3 is 2.40 bits per heavy atom. The van der Waals surface area contributed by atoms with Crippen LogP contribution < -0.4 is 15.1 Å². The van der Waals surface area contributed by atoms with Crippen molar-refractivity contribution in [1.82, 2.24) is 10.2 Å². The van der Waals surface area contributed by atoms with Crippen LogP contribution in [0.2, 0.25) is 0 Å². The molecule has 0 saturated carbocycles. The number of anilines is 2. The van der Waals surface area contributed by atoms with E-state index in [2.05, 4.69) is 10.1 Å². The molecular formula is C18H22F2N4O5S. The van der Waals surface area contributed by atoms with E-state index in [1.165, 1.54) is 24.0 Å². The number of cyclic esters (lactones) is 1. The van der Waals surface area contributed by atoms with Gasteiger partial charge < -0.3 is 29.3 Å². The van der Waals surface area contributed by atoms with E-state index >= 15 is 0 Å². The Kier molecular flexibility index (Phi) is 6.75. The van der Waals surface area contributed by atoms with E-state index in [1.54, 1.807) is 0 Å². The minimum atomic E-state index is -0.800. The minimum absolute atomic E-state index is 0.0590. The molecule has 1 atom stereocenters. The van der Waals surface area contributed by atoms with Crippen molar-refractivity contribution in [3.63, 3.8) is 0 Å². The zero-order valence-corrected chi connectivity index (χ0v) is 17.3. The average Bonchev–Trinajstić information content (AvgIpc) is 3.11. The molecule has 2 fully saturated rings. The lowest BCUT2D eigenvalue weighted by Gasteiger charge is -2.35. The molecule has 2 heterocycles. The summed E-state index contributed by atoms with van der Waals surface area (Å²) in [7, 11) is 2.69. The lowest BCUT2D eigenvalue weighted by atomic mass is 10.2. The Hall–Kier alpha value is -2.89. The molecule has 0 aromatic heterocycles. The number of benzene rings is 1. The Morgan fingerprint density at radius 1 is 1.20 bits per heavy atom. The van der Waals surface area contributed by atoms with Crippen LogP contribution in [0.3, 0.4) is 0 Å². The number of carbonyl (C=O) groups is 2. The lowest BCUT2D eigenvalue weighted by Crippen LogP contribution is -2.49. The summed E-state index contributed by atoms with van der Waals surface area (Å²) in [5.41, 5.74) is -0.136. The molecule has 164 valence electrons. The first kappa shape index (κ1) is 21.8. The number of halogens is 2. The summed E-state index contributed by atoms with van der Waals surface area (Å²) in [6.07, 6.45) is -1.74. The SMILES string of the molecule is COC(=O)N1CCN(c2c(F)cc(N3C[C@H](CNC(=S)OC)OC3=O)cc2F)CC1. The summed E-state index contributed by atoms with van der Waals surface area (Å²) in [6.45, 7) is 1.38. The van der Waals surface area contributed by atoms with Gasteiger partial charge in [0.05, 0.1) is 33.0 Å². The normalized spacial score (nSPS) is 18.9. The second-order valence-electron chi connectivity index (χ2n) is 6.69. The second kappa shape index (κ2) is 9.28. The fourth-order valence-corrected chi connectivity index (χ4v) is 3.44. The van der Waals surface area contributed by atoms with Crippen molar-refractivity contribution in [2.75, 3.05) is 63.3 Å². The molecule has 2 aliphatic rings. The maximum atomic E-state index is 14.8. The Balaban J connectivity index is 1.68. The highest BCUT2D eigenvalue weighted by atomic mass is 32.1. The van der Waals surface area contributed by atoms with E-state index in [4.69, 9.17) is 21.7 Å². The Morgan fingerprint density at radius 2 is 1.83 bits per heavy atom. The highest BCUT2D eigenvalue weighted by Gasteiger charge is 2.34. The highest BCUT2D eigenvalue weighted by Crippen LogP contribution is 2.31. The number of rotatable bonds is 4. The van der Waals surface area contributed by atoms with Gasteiger partial charge in [-0.15, -0.1) is 0 Å².